The molecular weight excluding hydrogens is 1220 g/mol. The quantitative estimate of drug-likeness (QED) is 0.0717. The van der Waals surface area contributed by atoms with Gasteiger partial charge in [-0.25, -0.2) is 38.4 Å². The largest absolute Gasteiger partial charge is 0.463 e. The molecule has 0 aromatic rings. The molecule has 7 saturated carbocycles. The number of hydrogen-bond acceptors (Lipinski definition) is 19. The van der Waals surface area contributed by atoms with Crippen LogP contribution in [0.4, 0.5) is 9.59 Å². The Balaban J connectivity index is 0.000000300. The van der Waals surface area contributed by atoms with Crippen molar-refractivity contribution in [3.63, 3.8) is 0 Å². The van der Waals surface area contributed by atoms with Gasteiger partial charge >= 0.3 is 48.0 Å². The van der Waals surface area contributed by atoms with Crippen molar-refractivity contribution in [2.24, 2.45) is 58.7 Å². The van der Waals surface area contributed by atoms with E-state index in [1.807, 2.05) is 34.6 Å². The van der Waals surface area contributed by atoms with Crippen molar-refractivity contribution in [2.45, 2.75) is 262 Å². The van der Waals surface area contributed by atoms with Crippen LogP contribution in [0.5, 0.6) is 0 Å². The maximum absolute atomic E-state index is 12.1. The summed E-state index contributed by atoms with van der Waals surface area (Å²) in [6.07, 6.45) is 12.4. The Morgan fingerprint density at radius 3 is 1.29 bits per heavy atom. The second kappa shape index (κ2) is 33.2. The fourth-order valence-electron chi connectivity index (χ4n) is 13.2. The van der Waals surface area contributed by atoms with Gasteiger partial charge in [-0.05, 0) is 222 Å². The number of carbonyl (C=O) groups is 11. The molecule has 532 valence electrons. The second-order valence-electron chi connectivity index (χ2n) is 30.9. The molecule has 7 aliphatic carbocycles. The summed E-state index contributed by atoms with van der Waals surface area (Å²) in [7, 11) is 0. The number of nitrogens with zero attached hydrogens (tertiary/aromatic N) is 2. The van der Waals surface area contributed by atoms with Crippen molar-refractivity contribution >= 4 is 65.7 Å². The van der Waals surface area contributed by atoms with E-state index in [9.17, 15) is 52.7 Å². The molecule has 0 radical (unpaired) electrons. The minimum Gasteiger partial charge on any atom is -0.463 e. The number of imide groups is 4. The molecule has 2 aliphatic heterocycles. The molecule has 0 aromatic heterocycles. The van der Waals surface area contributed by atoms with Gasteiger partial charge in [0, 0.05) is 45.3 Å². The molecule has 9 fully saturated rings. The van der Waals surface area contributed by atoms with E-state index in [0.717, 1.165) is 50.4 Å². The number of rotatable bonds is 13. The molecule has 5 atom stereocenters. The molecule has 9 rings (SSSR count). The summed E-state index contributed by atoms with van der Waals surface area (Å²) < 4.78 is 36.3. The molecule has 6 bridgehead atoms. The third-order valence-corrected chi connectivity index (χ3v) is 18.9. The summed E-state index contributed by atoms with van der Waals surface area (Å²) in [4.78, 5) is 133. The van der Waals surface area contributed by atoms with Crippen LogP contribution in [-0.2, 0) is 81.1 Å². The van der Waals surface area contributed by atoms with Gasteiger partial charge in [-0.2, -0.15) is 0 Å². The number of hydroxylamine groups is 2. The van der Waals surface area contributed by atoms with Crippen LogP contribution in [0.2, 0.25) is 0 Å². The first-order valence-electron chi connectivity index (χ1n) is 33.4. The van der Waals surface area contributed by atoms with E-state index in [2.05, 4.69) is 65.0 Å². The van der Waals surface area contributed by atoms with Gasteiger partial charge in [-0.15, -0.1) is 9.96 Å². The molecule has 0 N–H and O–H groups in total. The Bertz CT molecular complexity index is 2860. The average Bonchev–Trinajstić information content (AvgIpc) is 1.62. The van der Waals surface area contributed by atoms with Crippen LogP contribution in [0.15, 0.2) is 72.9 Å². The smallest absolute Gasteiger partial charge is 0.427 e. The van der Waals surface area contributed by atoms with E-state index in [1.54, 1.807) is 62.3 Å². The maximum Gasteiger partial charge on any atom is 0.427 e. The Morgan fingerprint density at radius 2 is 0.958 bits per heavy atom. The summed E-state index contributed by atoms with van der Waals surface area (Å²) in [6, 6.07) is 0. The van der Waals surface area contributed by atoms with Crippen LogP contribution in [0.1, 0.15) is 228 Å². The SMILES string of the molecule is C=C(C)C(=O)N(C(=O)OC(C)(C)C)C(=O)OC(C)(C)C.C=C(C)C(=O)OC(C)(C)C(C)(C)C.C=C(C)C(=O)OC1(C(C)C)C2CC3CC(C2)CC1C3.C=C(C)C(=O)OC1(CC)CCCC1.C=C(C)C(=O)OC1CCOC1=O.C=C(C)C(=O)ON1C(=O)C2C3CCC(C3)C2C1=O. The molecule has 5 unspecified atom stereocenters. The van der Waals surface area contributed by atoms with Crippen molar-refractivity contribution in [3.05, 3.63) is 72.9 Å². The zero-order valence-electron chi connectivity index (χ0n) is 60.8. The van der Waals surface area contributed by atoms with Crippen LogP contribution in [-0.4, -0.2) is 116 Å². The fraction of sp³-hybridized carbons (Fsp3) is 0.689. The van der Waals surface area contributed by atoms with Gasteiger partial charge in [0.1, 0.15) is 28.0 Å². The van der Waals surface area contributed by atoms with E-state index in [0.29, 0.717) is 69.3 Å². The Morgan fingerprint density at radius 1 is 0.547 bits per heavy atom. The number of amides is 5. The Labute approximate surface area is 564 Å². The minimum absolute atomic E-state index is 0.0294. The van der Waals surface area contributed by atoms with E-state index in [-0.39, 0.29) is 74.9 Å². The van der Waals surface area contributed by atoms with E-state index >= 15 is 0 Å². The number of ether oxygens (including phenoxy) is 7. The second-order valence-corrected chi connectivity index (χ2v) is 30.9. The lowest BCUT2D eigenvalue weighted by Crippen LogP contribution is -2.62. The van der Waals surface area contributed by atoms with Gasteiger partial charge in [0.2, 0.25) is 6.10 Å². The van der Waals surface area contributed by atoms with Crippen LogP contribution < -0.4 is 0 Å². The zero-order valence-corrected chi connectivity index (χ0v) is 60.8. The van der Waals surface area contributed by atoms with Gasteiger partial charge in [0.25, 0.3) is 17.7 Å². The molecule has 95 heavy (non-hydrogen) atoms. The van der Waals surface area contributed by atoms with Gasteiger partial charge < -0.3 is 38.0 Å². The van der Waals surface area contributed by atoms with E-state index in [4.69, 9.17) is 33.3 Å². The molecule has 0 aromatic carbocycles. The van der Waals surface area contributed by atoms with Crippen molar-refractivity contribution in [1.29, 1.82) is 0 Å². The predicted octanol–water partition coefficient (Wildman–Crippen LogP) is 14.4. The van der Waals surface area contributed by atoms with Gasteiger partial charge in [-0.3, -0.25) is 14.4 Å². The molecule has 5 amide bonds. The van der Waals surface area contributed by atoms with Crippen LogP contribution in [0.3, 0.4) is 0 Å². The van der Waals surface area contributed by atoms with E-state index < -0.39 is 58.9 Å². The standard InChI is InChI=1S/C17H26O2.C14H23NO5.C13H15NO4.C11H18O2.C11H20O2.C8H10O4/c1-10(2)16(18)19-17(11(3)4)14-6-12-5-13(8-14)9-15(17)7-12;1-9(2)10(16)15(11(17)19-13(3,4)5)12(18)20-14(6,7)8;1-6(2)13(17)18-14-11(15)9-7-3-4-8(5-7)10(9)12(14)16;1-4-11(7-5-6-8-11)13-10(12)9(2)3;1-8(2)9(12)13-11(6,7)10(3,4)5;1-5(2)7(9)12-6-3-4-11-8(6)10/h11-15H,1,5-9H2,2-4H3;1H2,2-8H3;7-10H,1,3-5H2,2H3;2,4-8H2,1,3H3;1H2,2-7H3;6H,1,3-4H2,2H3. The van der Waals surface area contributed by atoms with Crippen molar-refractivity contribution in [3.8, 4) is 0 Å². The monoisotopic (exact) mass is 1330 g/mol. The molecular formula is C74H112N2O19. The number of esters is 5. The molecule has 21 heteroatoms. The summed E-state index contributed by atoms with van der Waals surface area (Å²) in [5.74, 6) is -0.525. The topological polar surface area (TPSA) is 268 Å². The maximum atomic E-state index is 12.1. The zero-order chi connectivity index (χ0) is 73.0. The first-order valence-corrected chi connectivity index (χ1v) is 33.4. The number of carbonyl (C=O) groups excluding carboxylic acids is 11. The van der Waals surface area contributed by atoms with Crippen molar-refractivity contribution in [1.82, 2.24) is 9.96 Å². The summed E-state index contributed by atoms with van der Waals surface area (Å²) in [5.41, 5.74) is -0.627. The summed E-state index contributed by atoms with van der Waals surface area (Å²) >= 11 is 0. The average molecular weight is 1330 g/mol. The Hall–Kier alpha value is -7.19. The highest BCUT2D eigenvalue weighted by molar-refractivity contribution is 6.12. The molecule has 9 aliphatic rings. The summed E-state index contributed by atoms with van der Waals surface area (Å²) in [5, 5.41) is 0.677. The first-order chi connectivity index (χ1) is 43.5. The molecule has 21 nitrogen and oxygen atoms in total. The highest BCUT2D eigenvalue weighted by atomic mass is 16.7. The number of cyclic esters (lactones) is 1. The lowest BCUT2D eigenvalue weighted by molar-refractivity contribution is -0.221. The molecule has 0 spiro atoms. The summed E-state index contributed by atoms with van der Waals surface area (Å²) in [6.45, 7) is 57.2. The normalized spacial score (nSPS) is 25.3. The Kier molecular flexibility index (Phi) is 28.6. The van der Waals surface area contributed by atoms with Gasteiger partial charge in [0.05, 0.1) is 18.4 Å². The van der Waals surface area contributed by atoms with Gasteiger partial charge in [-0.1, -0.05) is 81.0 Å². The fourth-order valence-corrected chi connectivity index (χ4v) is 13.2. The van der Waals surface area contributed by atoms with Gasteiger partial charge in [0.15, 0.2) is 0 Å². The third-order valence-electron chi connectivity index (χ3n) is 18.9. The van der Waals surface area contributed by atoms with Crippen LogP contribution in [0, 0.1) is 58.7 Å². The first kappa shape index (κ1) is 82.0. The van der Waals surface area contributed by atoms with Crippen LogP contribution in [0.25, 0.3) is 0 Å². The molecule has 2 heterocycles. The van der Waals surface area contributed by atoms with E-state index in [1.165, 1.54) is 65.7 Å². The molecule has 2 saturated heterocycles. The minimum atomic E-state index is -1.08. The van der Waals surface area contributed by atoms with Crippen molar-refractivity contribution < 1.29 is 90.7 Å². The lowest BCUT2D eigenvalue weighted by Gasteiger charge is -2.61. The lowest BCUT2D eigenvalue weighted by atomic mass is 9.47. The predicted molar refractivity (Wildman–Crippen MR) is 357 cm³/mol. The highest BCUT2D eigenvalue weighted by Gasteiger charge is 2.63. The number of fused-ring (bicyclic) bond motifs is 5. The van der Waals surface area contributed by atoms with Crippen LogP contribution >= 0.6 is 0 Å². The van der Waals surface area contributed by atoms with Crippen molar-refractivity contribution in [2.75, 3.05) is 6.61 Å². The third kappa shape index (κ3) is 22.2. The number of hydrogen-bond donors (Lipinski definition) is 0. The highest BCUT2D eigenvalue weighted by Crippen LogP contribution is 2.62.